The van der Waals surface area contributed by atoms with E-state index in [4.69, 9.17) is 18.9 Å². The van der Waals surface area contributed by atoms with Gasteiger partial charge in [0.25, 0.3) is 0 Å². The van der Waals surface area contributed by atoms with Gasteiger partial charge >= 0.3 is 11.9 Å². The molecule has 6 heteroatoms. The molecule has 0 bridgehead atoms. The van der Waals surface area contributed by atoms with Crippen LogP contribution in [-0.4, -0.2) is 37.0 Å². The Hall–Kier alpha value is -2.44. The molecule has 0 saturated carbocycles. The summed E-state index contributed by atoms with van der Waals surface area (Å²) in [6, 6.07) is 8.85. The molecule has 0 unspecified atom stereocenters. The van der Waals surface area contributed by atoms with Crippen molar-refractivity contribution < 1.29 is 28.5 Å². The minimum absolute atomic E-state index is 0.484. The zero-order valence-corrected chi connectivity index (χ0v) is 17.0. The summed E-state index contributed by atoms with van der Waals surface area (Å²) in [7, 11) is 0. The monoisotopic (exact) mass is 400 g/mol. The van der Waals surface area contributed by atoms with Gasteiger partial charge < -0.3 is 18.9 Å². The normalized spacial score (nSPS) is 20.2. The minimum Gasteiger partial charge on any atom is -0.455 e. The van der Waals surface area contributed by atoms with E-state index in [0.29, 0.717) is 25.2 Å². The summed E-state index contributed by atoms with van der Waals surface area (Å²) in [5, 5.41) is 0. The molecule has 0 radical (unpaired) electrons. The summed E-state index contributed by atoms with van der Waals surface area (Å²) in [4.78, 5) is 24.3. The van der Waals surface area contributed by atoms with Crippen molar-refractivity contribution in [2.75, 3.05) is 13.2 Å². The maximum absolute atomic E-state index is 12.8. The van der Waals surface area contributed by atoms with Crippen LogP contribution < -0.4 is 0 Å². The molecule has 156 valence electrons. The molecular formula is C23H28O6. The maximum atomic E-state index is 12.8. The number of ether oxygens (including phenoxy) is 4. The van der Waals surface area contributed by atoms with E-state index in [1.165, 1.54) is 18.1 Å². The molecule has 29 heavy (non-hydrogen) atoms. The molecule has 1 aliphatic carbocycles. The third-order valence-electron chi connectivity index (χ3n) is 5.34. The Morgan fingerprint density at radius 3 is 2.48 bits per heavy atom. The van der Waals surface area contributed by atoms with Crippen molar-refractivity contribution in [2.45, 2.75) is 57.5 Å². The number of carbonyl (C=O) groups excluding carboxylic acids is 2. The van der Waals surface area contributed by atoms with Crippen LogP contribution in [0.15, 0.2) is 54.1 Å². The van der Waals surface area contributed by atoms with Gasteiger partial charge in [0, 0.05) is 31.7 Å². The Balaban J connectivity index is 1.67. The summed E-state index contributed by atoms with van der Waals surface area (Å²) in [5.74, 6) is -1.63. The van der Waals surface area contributed by atoms with Gasteiger partial charge in [0.1, 0.15) is 6.10 Å². The van der Waals surface area contributed by atoms with Crippen LogP contribution >= 0.6 is 0 Å². The largest absolute Gasteiger partial charge is 0.455 e. The highest BCUT2D eigenvalue weighted by molar-refractivity contribution is 5.80. The van der Waals surface area contributed by atoms with Gasteiger partial charge in [-0.05, 0) is 13.3 Å². The second-order valence-corrected chi connectivity index (χ2v) is 7.48. The number of hydrogen-bond acceptors (Lipinski definition) is 6. The molecule has 1 fully saturated rings. The summed E-state index contributed by atoms with van der Waals surface area (Å²) in [6.07, 6.45) is 2.90. The van der Waals surface area contributed by atoms with Crippen molar-refractivity contribution in [1.82, 2.24) is 0 Å². The fourth-order valence-corrected chi connectivity index (χ4v) is 3.86. The highest BCUT2D eigenvalue weighted by Gasteiger charge is 2.40. The van der Waals surface area contributed by atoms with Crippen LogP contribution in [0, 0.1) is 0 Å². The molecule has 0 aromatic heterocycles. The molecular weight excluding hydrogens is 372 g/mol. The van der Waals surface area contributed by atoms with E-state index in [-0.39, 0.29) is 0 Å². The van der Waals surface area contributed by atoms with Gasteiger partial charge in [-0.15, -0.1) is 0 Å². The standard InChI is InChI=1S/C23H28O6/c1-4-20(14-19-10-11-23(15-16(19)2)26-12-13-27-23)29-22(25)21(28-17(3)24)18-8-6-5-7-9-18/h4-9,20-21H,1,10-15H2,2-3H3/t20-,21-/m0/s1. The van der Waals surface area contributed by atoms with E-state index in [0.717, 1.165) is 19.3 Å². The second kappa shape index (κ2) is 9.37. The first kappa shape index (κ1) is 21.3. The highest BCUT2D eigenvalue weighted by Crippen LogP contribution is 2.40. The smallest absolute Gasteiger partial charge is 0.352 e. The van der Waals surface area contributed by atoms with E-state index in [2.05, 4.69) is 13.5 Å². The lowest BCUT2D eigenvalue weighted by atomic mass is 9.85. The Kier molecular flexibility index (Phi) is 6.87. The van der Waals surface area contributed by atoms with Gasteiger partial charge in [0.05, 0.1) is 13.2 Å². The SMILES string of the molecule is C=C[C@@H](CC1=C(C)CC2(CC1)OCCO2)OC(=O)[C@@H](OC(C)=O)c1ccccc1. The van der Waals surface area contributed by atoms with Crippen molar-refractivity contribution in [2.24, 2.45) is 0 Å². The van der Waals surface area contributed by atoms with Crippen LogP contribution in [0.1, 0.15) is 51.2 Å². The van der Waals surface area contributed by atoms with Crippen LogP contribution in [-0.2, 0) is 28.5 Å². The summed E-state index contributed by atoms with van der Waals surface area (Å²) in [5.41, 5.74) is 2.98. The molecule has 1 heterocycles. The van der Waals surface area contributed by atoms with E-state index in [1.807, 2.05) is 6.07 Å². The number of benzene rings is 1. The lowest BCUT2D eigenvalue weighted by Gasteiger charge is -2.34. The fourth-order valence-electron chi connectivity index (χ4n) is 3.86. The molecule has 1 aromatic rings. The first-order valence-electron chi connectivity index (χ1n) is 9.93. The van der Waals surface area contributed by atoms with Gasteiger partial charge in [-0.1, -0.05) is 54.1 Å². The lowest BCUT2D eigenvalue weighted by molar-refractivity contribution is -0.170. The Morgan fingerprint density at radius 2 is 1.90 bits per heavy atom. The van der Waals surface area contributed by atoms with Crippen molar-refractivity contribution >= 4 is 11.9 Å². The topological polar surface area (TPSA) is 71.1 Å². The van der Waals surface area contributed by atoms with Gasteiger partial charge in [0.15, 0.2) is 5.79 Å². The number of rotatable bonds is 7. The molecule has 1 spiro atoms. The second-order valence-electron chi connectivity index (χ2n) is 7.48. The van der Waals surface area contributed by atoms with Crippen molar-refractivity contribution in [3.63, 3.8) is 0 Å². The third kappa shape index (κ3) is 5.34. The highest BCUT2D eigenvalue weighted by atomic mass is 16.7. The summed E-state index contributed by atoms with van der Waals surface area (Å²) in [6.45, 7) is 8.41. The Labute approximate surface area is 171 Å². The van der Waals surface area contributed by atoms with Gasteiger partial charge in [-0.25, -0.2) is 4.79 Å². The van der Waals surface area contributed by atoms with Crippen LogP contribution in [0.25, 0.3) is 0 Å². The van der Waals surface area contributed by atoms with Gasteiger partial charge in [-0.2, -0.15) is 0 Å². The van der Waals surface area contributed by atoms with E-state index >= 15 is 0 Å². The summed E-state index contributed by atoms with van der Waals surface area (Å²) < 4.78 is 22.5. The molecule has 2 atom stereocenters. The molecule has 1 aromatic carbocycles. The molecule has 0 amide bonds. The minimum atomic E-state index is -1.10. The van der Waals surface area contributed by atoms with Crippen molar-refractivity contribution in [3.8, 4) is 0 Å². The van der Waals surface area contributed by atoms with E-state index in [9.17, 15) is 9.59 Å². The number of carbonyl (C=O) groups is 2. The molecule has 0 N–H and O–H groups in total. The molecule has 1 saturated heterocycles. The zero-order valence-electron chi connectivity index (χ0n) is 17.0. The van der Waals surface area contributed by atoms with Crippen LogP contribution in [0.5, 0.6) is 0 Å². The average molecular weight is 400 g/mol. The van der Waals surface area contributed by atoms with Gasteiger partial charge in [-0.3, -0.25) is 4.79 Å². The quantitative estimate of drug-likeness (QED) is 0.508. The Bertz CT molecular complexity index is 776. The fraction of sp³-hybridized carbons (Fsp3) is 0.478. The predicted octanol–water partition coefficient (Wildman–Crippen LogP) is 4.02. The molecule has 6 nitrogen and oxygen atoms in total. The predicted molar refractivity (Wildman–Crippen MR) is 107 cm³/mol. The van der Waals surface area contributed by atoms with E-state index in [1.54, 1.807) is 30.3 Å². The number of hydrogen-bond donors (Lipinski definition) is 0. The zero-order chi connectivity index (χ0) is 20.9. The van der Waals surface area contributed by atoms with E-state index < -0.39 is 29.9 Å². The van der Waals surface area contributed by atoms with Crippen LogP contribution in [0.2, 0.25) is 0 Å². The first-order valence-corrected chi connectivity index (χ1v) is 9.93. The van der Waals surface area contributed by atoms with Crippen LogP contribution in [0.3, 0.4) is 0 Å². The third-order valence-corrected chi connectivity index (χ3v) is 5.34. The van der Waals surface area contributed by atoms with Crippen LogP contribution in [0.4, 0.5) is 0 Å². The maximum Gasteiger partial charge on any atom is 0.352 e. The first-order chi connectivity index (χ1) is 13.9. The molecule has 1 aliphatic heterocycles. The molecule has 2 aliphatic rings. The number of esters is 2. The lowest BCUT2D eigenvalue weighted by Crippen LogP contribution is -2.34. The Morgan fingerprint density at radius 1 is 1.21 bits per heavy atom. The summed E-state index contributed by atoms with van der Waals surface area (Å²) >= 11 is 0. The molecule has 3 rings (SSSR count). The van der Waals surface area contributed by atoms with Gasteiger partial charge in [0.2, 0.25) is 6.10 Å². The van der Waals surface area contributed by atoms with Crippen molar-refractivity contribution in [3.05, 3.63) is 59.7 Å². The van der Waals surface area contributed by atoms with Crippen molar-refractivity contribution in [1.29, 1.82) is 0 Å². The average Bonchev–Trinajstić information content (AvgIpc) is 3.15.